The summed E-state index contributed by atoms with van der Waals surface area (Å²) >= 11 is 2.95. The number of ketones is 1. The molecule has 0 radical (unpaired) electrons. The molecular formula is C20H26N4OS2. The summed E-state index contributed by atoms with van der Waals surface area (Å²) in [5.41, 5.74) is 3.25. The number of fused-ring (bicyclic) bond motifs is 1. The highest BCUT2D eigenvalue weighted by Crippen LogP contribution is 2.46. The third kappa shape index (κ3) is 4.04. The fourth-order valence-electron chi connectivity index (χ4n) is 3.28. The highest BCUT2D eigenvalue weighted by Gasteiger charge is 2.38. The fraction of sp³-hybridized carbons (Fsp3) is 0.450. The Morgan fingerprint density at radius 3 is 2.63 bits per heavy atom. The van der Waals surface area contributed by atoms with E-state index in [2.05, 4.69) is 66.3 Å². The van der Waals surface area contributed by atoms with Crippen LogP contribution in [0.1, 0.15) is 40.2 Å². The quantitative estimate of drug-likeness (QED) is 0.557. The van der Waals surface area contributed by atoms with Gasteiger partial charge >= 0.3 is 0 Å². The maximum absolute atomic E-state index is 12.9. The second-order valence-electron chi connectivity index (χ2n) is 7.57. The molecule has 144 valence electrons. The number of hydrogen-bond donors (Lipinski definition) is 1. The van der Waals surface area contributed by atoms with Gasteiger partial charge in [0.15, 0.2) is 10.1 Å². The lowest BCUT2D eigenvalue weighted by Gasteiger charge is -2.24. The van der Waals surface area contributed by atoms with Gasteiger partial charge in [0, 0.05) is 36.0 Å². The molecule has 1 N–H and O–H groups in total. The summed E-state index contributed by atoms with van der Waals surface area (Å²) in [6.45, 7) is 10.4. The van der Waals surface area contributed by atoms with Gasteiger partial charge in [-0.2, -0.15) is 0 Å². The summed E-state index contributed by atoms with van der Waals surface area (Å²) in [4.78, 5) is 15.0. The van der Waals surface area contributed by atoms with Gasteiger partial charge in [-0.1, -0.05) is 55.1 Å². The number of hydrogen-bond acceptors (Lipinski definition) is 7. The van der Waals surface area contributed by atoms with Crippen molar-refractivity contribution in [3.05, 3.63) is 41.6 Å². The molecule has 1 aromatic carbocycles. The van der Waals surface area contributed by atoms with Crippen LogP contribution in [0.25, 0.3) is 0 Å². The van der Waals surface area contributed by atoms with Crippen LogP contribution in [0.3, 0.4) is 0 Å². The van der Waals surface area contributed by atoms with Gasteiger partial charge in [0.1, 0.15) is 0 Å². The Labute approximate surface area is 169 Å². The first-order valence-corrected chi connectivity index (χ1v) is 10.8. The second-order valence-corrected chi connectivity index (χ2v) is 10.1. The zero-order valence-corrected chi connectivity index (χ0v) is 18.2. The zero-order chi connectivity index (χ0) is 19.8. The maximum Gasteiger partial charge on any atom is 0.206 e. The number of carbonyl (C=O) groups is 1. The normalized spacial score (nSPS) is 18.0. The van der Waals surface area contributed by atoms with E-state index in [0.29, 0.717) is 6.04 Å². The van der Waals surface area contributed by atoms with Gasteiger partial charge in [0.25, 0.3) is 0 Å². The van der Waals surface area contributed by atoms with Crippen molar-refractivity contribution in [2.75, 3.05) is 17.3 Å². The van der Waals surface area contributed by atoms with Crippen LogP contribution in [0, 0.1) is 0 Å². The SMILES string of the molecule is CC(C)Nc1nnc(SC(C)C(=O)/C=C2/N(C)c3ccccc3C2(C)C)s1. The van der Waals surface area contributed by atoms with E-state index in [4.69, 9.17) is 0 Å². The van der Waals surface area contributed by atoms with E-state index in [0.717, 1.165) is 20.9 Å². The molecule has 2 heterocycles. The Morgan fingerprint density at radius 1 is 1.26 bits per heavy atom. The largest absolute Gasteiger partial charge is 0.358 e. The van der Waals surface area contributed by atoms with Gasteiger partial charge in [0.2, 0.25) is 5.13 Å². The number of benzene rings is 1. The van der Waals surface area contributed by atoms with Crippen LogP contribution in [0.2, 0.25) is 0 Å². The summed E-state index contributed by atoms with van der Waals surface area (Å²) in [6, 6.07) is 8.63. The highest BCUT2D eigenvalue weighted by atomic mass is 32.2. The number of carbonyl (C=O) groups excluding carboxylic acids is 1. The molecule has 0 fully saturated rings. The van der Waals surface area contributed by atoms with Crippen LogP contribution in [0.15, 0.2) is 40.4 Å². The zero-order valence-electron chi connectivity index (χ0n) is 16.6. The molecule has 0 saturated carbocycles. The third-order valence-corrected chi connectivity index (χ3v) is 6.77. The lowest BCUT2D eigenvalue weighted by atomic mass is 9.83. The van der Waals surface area contributed by atoms with Gasteiger partial charge in [-0.25, -0.2) is 0 Å². The molecule has 1 unspecified atom stereocenters. The molecule has 5 nitrogen and oxygen atoms in total. The van der Waals surface area contributed by atoms with E-state index < -0.39 is 0 Å². The van der Waals surface area contributed by atoms with Gasteiger partial charge in [0.05, 0.1) is 5.25 Å². The third-order valence-electron chi connectivity index (χ3n) is 4.72. The van der Waals surface area contributed by atoms with E-state index in [1.54, 1.807) is 6.08 Å². The molecular weight excluding hydrogens is 376 g/mol. The maximum atomic E-state index is 12.9. The monoisotopic (exact) mass is 402 g/mol. The highest BCUT2D eigenvalue weighted by molar-refractivity contribution is 8.02. The molecule has 3 rings (SSSR count). The molecule has 2 aromatic rings. The summed E-state index contributed by atoms with van der Waals surface area (Å²) < 4.78 is 0.805. The van der Waals surface area contributed by atoms with Crippen molar-refractivity contribution in [1.29, 1.82) is 0 Å². The van der Waals surface area contributed by atoms with E-state index >= 15 is 0 Å². The molecule has 7 heteroatoms. The van der Waals surface area contributed by atoms with Crippen LogP contribution in [0.5, 0.6) is 0 Å². The van der Waals surface area contributed by atoms with Crippen molar-refractivity contribution in [3.8, 4) is 0 Å². The Hall–Kier alpha value is -1.86. The molecule has 1 aromatic heterocycles. The molecule has 0 bridgehead atoms. The predicted octanol–water partition coefficient (Wildman–Crippen LogP) is 4.72. The predicted molar refractivity (Wildman–Crippen MR) is 115 cm³/mol. The van der Waals surface area contributed by atoms with Gasteiger partial charge in [-0.05, 0) is 32.4 Å². The van der Waals surface area contributed by atoms with Gasteiger partial charge < -0.3 is 10.2 Å². The Morgan fingerprint density at radius 2 is 1.96 bits per heavy atom. The van der Waals surface area contributed by atoms with E-state index in [1.807, 2.05) is 20.0 Å². The molecule has 0 amide bonds. The fourth-order valence-corrected chi connectivity index (χ4v) is 5.34. The number of thioether (sulfide) groups is 1. The lowest BCUT2D eigenvalue weighted by Crippen LogP contribution is -2.25. The Bertz CT molecular complexity index is 872. The summed E-state index contributed by atoms with van der Waals surface area (Å²) in [6.07, 6.45) is 1.80. The average Bonchev–Trinajstić information content (AvgIpc) is 3.11. The molecule has 1 atom stereocenters. The van der Waals surface area contributed by atoms with Crippen LogP contribution in [0.4, 0.5) is 10.8 Å². The summed E-state index contributed by atoms with van der Waals surface area (Å²) in [5, 5.41) is 12.1. The first-order valence-electron chi connectivity index (χ1n) is 9.06. The van der Waals surface area contributed by atoms with Crippen LogP contribution < -0.4 is 10.2 Å². The van der Waals surface area contributed by atoms with Gasteiger partial charge in [-0.3, -0.25) is 4.79 Å². The minimum Gasteiger partial charge on any atom is -0.358 e. The van der Waals surface area contributed by atoms with Crippen LogP contribution in [-0.2, 0) is 10.2 Å². The number of nitrogens with one attached hydrogen (secondary N) is 1. The van der Waals surface area contributed by atoms with Crippen molar-refractivity contribution in [1.82, 2.24) is 10.2 Å². The number of nitrogens with zero attached hydrogens (tertiary/aromatic N) is 3. The molecule has 1 aliphatic heterocycles. The molecule has 27 heavy (non-hydrogen) atoms. The second kappa shape index (κ2) is 7.64. The number of likely N-dealkylation sites (N-methyl/N-ethyl adjacent to an activating group) is 1. The molecule has 1 aliphatic rings. The Balaban J connectivity index is 1.75. The van der Waals surface area contributed by atoms with Crippen molar-refractivity contribution < 1.29 is 4.79 Å². The number of anilines is 2. The Kier molecular flexibility index (Phi) is 5.63. The van der Waals surface area contributed by atoms with Crippen molar-refractivity contribution >= 4 is 39.7 Å². The minimum absolute atomic E-state index is 0.0938. The van der Waals surface area contributed by atoms with Crippen LogP contribution in [-0.4, -0.2) is 34.3 Å². The minimum atomic E-state index is -0.217. The summed E-state index contributed by atoms with van der Waals surface area (Å²) in [7, 11) is 2.03. The van der Waals surface area contributed by atoms with Gasteiger partial charge in [-0.15, -0.1) is 10.2 Å². The van der Waals surface area contributed by atoms with E-state index in [9.17, 15) is 4.79 Å². The standard InChI is InChI=1S/C20H26N4OS2/c1-12(2)21-18-22-23-19(27-18)26-13(3)16(25)11-17-20(4,5)14-9-7-8-10-15(14)24(17)6/h7-13H,1-6H3,(H,21,22)/b17-11+. The number of para-hydroxylation sites is 1. The van der Waals surface area contributed by atoms with E-state index in [-0.39, 0.29) is 16.4 Å². The number of aromatic nitrogens is 2. The average molecular weight is 403 g/mol. The van der Waals surface area contributed by atoms with Crippen molar-refractivity contribution in [2.24, 2.45) is 0 Å². The van der Waals surface area contributed by atoms with E-state index in [1.165, 1.54) is 28.7 Å². The smallest absolute Gasteiger partial charge is 0.206 e. The number of rotatable bonds is 6. The molecule has 0 aliphatic carbocycles. The number of allylic oxidation sites excluding steroid dienone is 2. The first-order chi connectivity index (χ1) is 12.7. The summed E-state index contributed by atoms with van der Waals surface area (Å²) in [5.74, 6) is 0.0938. The van der Waals surface area contributed by atoms with Crippen molar-refractivity contribution in [3.63, 3.8) is 0 Å². The molecule has 0 saturated heterocycles. The topological polar surface area (TPSA) is 58.1 Å². The molecule has 0 spiro atoms. The van der Waals surface area contributed by atoms with Crippen molar-refractivity contribution in [2.45, 2.75) is 55.7 Å². The van der Waals surface area contributed by atoms with Crippen LogP contribution >= 0.6 is 23.1 Å². The first kappa shape index (κ1) is 19.9. The lowest BCUT2D eigenvalue weighted by molar-refractivity contribution is -0.113.